The van der Waals surface area contributed by atoms with Crippen molar-refractivity contribution in [2.24, 2.45) is 0 Å². The minimum absolute atomic E-state index is 0.0883. The number of benzene rings is 1. The van der Waals surface area contributed by atoms with Crippen LogP contribution < -0.4 is 4.74 Å². The maximum Gasteiger partial charge on any atom is 0.266 e. The van der Waals surface area contributed by atoms with Gasteiger partial charge in [0.25, 0.3) is 5.91 Å². The molecule has 6 heteroatoms. The third-order valence-corrected chi connectivity index (χ3v) is 5.09. The normalized spacial score (nSPS) is 16.0. The lowest BCUT2D eigenvalue weighted by Gasteiger charge is -2.11. The summed E-state index contributed by atoms with van der Waals surface area (Å²) in [6, 6.07) is 11.4. The van der Waals surface area contributed by atoms with Crippen LogP contribution in [-0.4, -0.2) is 21.7 Å². The Hall–Kier alpha value is -2.05. The Balaban J connectivity index is 1.67. The zero-order valence-corrected chi connectivity index (χ0v) is 15.6. The predicted octanol–water partition coefficient (Wildman–Crippen LogP) is 4.86. The summed E-state index contributed by atoms with van der Waals surface area (Å²) in [5.41, 5.74) is 0.946. The monoisotopic (exact) mass is 373 g/mol. The van der Waals surface area contributed by atoms with Gasteiger partial charge in [-0.3, -0.25) is 9.69 Å². The molecular formula is C19H19NO3S2. The van der Waals surface area contributed by atoms with Crippen LogP contribution in [0.5, 0.6) is 5.75 Å². The van der Waals surface area contributed by atoms with Crippen LogP contribution in [0, 0.1) is 0 Å². The number of ether oxygens (including phenoxy) is 1. The highest BCUT2D eigenvalue weighted by Crippen LogP contribution is 2.33. The average Bonchev–Trinajstić information content (AvgIpc) is 3.21. The van der Waals surface area contributed by atoms with E-state index in [0.29, 0.717) is 21.5 Å². The maximum atomic E-state index is 12.6. The van der Waals surface area contributed by atoms with Gasteiger partial charge in [-0.25, -0.2) is 0 Å². The number of hydrogen-bond donors (Lipinski definition) is 0. The quantitative estimate of drug-likeness (QED) is 0.394. The molecule has 3 rings (SSSR count). The Morgan fingerprint density at radius 1 is 1.28 bits per heavy atom. The van der Waals surface area contributed by atoms with Gasteiger partial charge in [0.05, 0.1) is 24.3 Å². The summed E-state index contributed by atoms with van der Waals surface area (Å²) in [4.78, 5) is 14.8. The number of carbonyl (C=O) groups excluding carboxylic acids is 1. The number of hydrogen-bond acceptors (Lipinski definition) is 5. The molecule has 1 aliphatic rings. The molecule has 0 aliphatic carbocycles. The number of amides is 1. The van der Waals surface area contributed by atoms with Crippen molar-refractivity contribution >= 4 is 40.3 Å². The first-order valence-electron chi connectivity index (χ1n) is 8.18. The van der Waals surface area contributed by atoms with Crippen molar-refractivity contribution in [3.63, 3.8) is 0 Å². The molecule has 4 nitrogen and oxygen atoms in total. The van der Waals surface area contributed by atoms with E-state index in [9.17, 15) is 4.79 Å². The molecule has 1 fully saturated rings. The van der Waals surface area contributed by atoms with E-state index < -0.39 is 0 Å². The number of rotatable bonds is 7. The molecule has 0 bridgehead atoms. The number of thioether (sulfide) groups is 1. The average molecular weight is 373 g/mol. The zero-order chi connectivity index (χ0) is 17.6. The van der Waals surface area contributed by atoms with Gasteiger partial charge >= 0.3 is 0 Å². The van der Waals surface area contributed by atoms with Crippen LogP contribution in [0.2, 0.25) is 0 Å². The van der Waals surface area contributed by atoms with Crippen molar-refractivity contribution in [1.29, 1.82) is 0 Å². The van der Waals surface area contributed by atoms with Crippen molar-refractivity contribution in [3.8, 4) is 5.75 Å². The molecule has 2 heterocycles. The van der Waals surface area contributed by atoms with Crippen LogP contribution in [0.4, 0.5) is 0 Å². The first kappa shape index (κ1) is 17.8. The first-order chi connectivity index (χ1) is 12.2. The molecule has 0 atom stereocenters. The van der Waals surface area contributed by atoms with Gasteiger partial charge in [-0.05, 0) is 42.3 Å². The lowest BCUT2D eigenvalue weighted by molar-refractivity contribution is -0.122. The SMILES string of the molecule is CCCCOc1ccc(/C=C2/SC(=S)N(Cc3ccco3)C2=O)cc1. The molecule has 0 spiro atoms. The van der Waals surface area contributed by atoms with Crippen LogP contribution in [0.1, 0.15) is 31.1 Å². The van der Waals surface area contributed by atoms with Crippen molar-refractivity contribution in [3.05, 3.63) is 58.9 Å². The fourth-order valence-electron chi connectivity index (χ4n) is 2.34. The molecular weight excluding hydrogens is 354 g/mol. The van der Waals surface area contributed by atoms with Crippen LogP contribution in [0.25, 0.3) is 6.08 Å². The Morgan fingerprint density at radius 3 is 2.76 bits per heavy atom. The summed E-state index contributed by atoms with van der Waals surface area (Å²) in [5, 5.41) is 0. The first-order valence-corrected chi connectivity index (χ1v) is 9.40. The number of thiocarbonyl (C=S) groups is 1. The van der Waals surface area contributed by atoms with E-state index in [0.717, 1.165) is 30.8 Å². The smallest absolute Gasteiger partial charge is 0.266 e. The van der Waals surface area contributed by atoms with Crippen LogP contribution in [0.15, 0.2) is 52.0 Å². The summed E-state index contributed by atoms with van der Waals surface area (Å²) in [6.07, 6.45) is 5.60. The summed E-state index contributed by atoms with van der Waals surface area (Å²) in [7, 11) is 0. The second-order valence-electron chi connectivity index (χ2n) is 5.62. The third kappa shape index (κ3) is 4.52. The number of unbranched alkanes of at least 4 members (excludes halogenated alkanes) is 1. The van der Waals surface area contributed by atoms with Gasteiger partial charge in [0.1, 0.15) is 15.8 Å². The minimum atomic E-state index is -0.0883. The van der Waals surface area contributed by atoms with E-state index in [1.165, 1.54) is 11.8 Å². The van der Waals surface area contributed by atoms with Gasteiger partial charge in [0.2, 0.25) is 0 Å². The van der Waals surface area contributed by atoms with E-state index in [1.807, 2.05) is 36.4 Å². The summed E-state index contributed by atoms with van der Waals surface area (Å²) < 4.78 is 11.5. The van der Waals surface area contributed by atoms with Crippen LogP contribution in [0.3, 0.4) is 0 Å². The summed E-state index contributed by atoms with van der Waals surface area (Å²) in [6.45, 7) is 3.22. The Morgan fingerprint density at radius 2 is 2.08 bits per heavy atom. The highest BCUT2D eigenvalue weighted by Gasteiger charge is 2.32. The van der Waals surface area contributed by atoms with E-state index in [1.54, 1.807) is 17.2 Å². The molecule has 1 amide bonds. The van der Waals surface area contributed by atoms with Crippen LogP contribution >= 0.6 is 24.0 Å². The fourth-order valence-corrected chi connectivity index (χ4v) is 3.60. The predicted molar refractivity (Wildman–Crippen MR) is 104 cm³/mol. The lowest BCUT2D eigenvalue weighted by atomic mass is 10.2. The van der Waals surface area contributed by atoms with Gasteiger partial charge in [-0.2, -0.15) is 0 Å². The summed E-state index contributed by atoms with van der Waals surface area (Å²) in [5.74, 6) is 1.47. The highest BCUT2D eigenvalue weighted by molar-refractivity contribution is 8.26. The van der Waals surface area contributed by atoms with Gasteiger partial charge in [-0.15, -0.1) is 0 Å². The van der Waals surface area contributed by atoms with Crippen molar-refractivity contribution in [2.45, 2.75) is 26.3 Å². The Kier molecular flexibility index (Phi) is 5.94. The van der Waals surface area contributed by atoms with E-state index in [4.69, 9.17) is 21.4 Å². The molecule has 0 unspecified atom stereocenters. The fraction of sp³-hybridized carbons (Fsp3) is 0.263. The molecule has 130 valence electrons. The molecule has 25 heavy (non-hydrogen) atoms. The Labute approximate surface area is 156 Å². The summed E-state index contributed by atoms with van der Waals surface area (Å²) >= 11 is 6.65. The van der Waals surface area contributed by atoms with Gasteiger partial charge in [0, 0.05) is 0 Å². The third-order valence-electron chi connectivity index (χ3n) is 3.71. The molecule has 1 aromatic heterocycles. The van der Waals surface area contributed by atoms with Crippen molar-refractivity contribution < 1.29 is 13.9 Å². The number of furan rings is 1. The number of nitrogens with zero attached hydrogens (tertiary/aromatic N) is 1. The molecule has 1 saturated heterocycles. The van der Waals surface area contributed by atoms with Crippen molar-refractivity contribution in [2.75, 3.05) is 6.61 Å². The van der Waals surface area contributed by atoms with Crippen LogP contribution in [-0.2, 0) is 11.3 Å². The second kappa shape index (κ2) is 8.36. The van der Waals surface area contributed by atoms with E-state index >= 15 is 0 Å². The molecule has 1 aromatic carbocycles. The molecule has 0 saturated carbocycles. The minimum Gasteiger partial charge on any atom is -0.494 e. The largest absolute Gasteiger partial charge is 0.494 e. The number of carbonyl (C=O) groups is 1. The van der Waals surface area contributed by atoms with Gasteiger partial charge < -0.3 is 9.15 Å². The Bertz CT molecular complexity index is 766. The molecule has 2 aromatic rings. The molecule has 0 N–H and O–H groups in total. The van der Waals surface area contributed by atoms with Gasteiger partial charge in [-0.1, -0.05) is 49.5 Å². The second-order valence-corrected chi connectivity index (χ2v) is 7.29. The molecule has 0 radical (unpaired) electrons. The van der Waals surface area contributed by atoms with E-state index in [-0.39, 0.29) is 5.91 Å². The zero-order valence-electron chi connectivity index (χ0n) is 13.9. The van der Waals surface area contributed by atoms with E-state index in [2.05, 4.69) is 6.92 Å². The highest BCUT2D eigenvalue weighted by atomic mass is 32.2. The lowest BCUT2D eigenvalue weighted by Crippen LogP contribution is -2.27. The van der Waals surface area contributed by atoms with Crippen molar-refractivity contribution in [1.82, 2.24) is 4.90 Å². The van der Waals surface area contributed by atoms with Gasteiger partial charge in [0.15, 0.2) is 0 Å². The standard InChI is InChI=1S/C19H19NO3S2/c1-2-3-10-22-15-8-6-14(7-9-15)12-17-18(21)20(19(24)25-17)13-16-5-4-11-23-16/h4-9,11-12H,2-3,10,13H2,1H3/b17-12+. The topological polar surface area (TPSA) is 42.7 Å². The molecule has 1 aliphatic heterocycles. The maximum absolute atomic E-state index is 12.6.